The van der Waals surface area contributed by atoms with Gasteiger partial charge in [-0.25, -0.2) is 0 Å². The first kappa shape index (κ1) is 23.2. The molecule has 2 rings (SSSR count). The Morgan fingerprint density at radius 3 is 2.00 bits per heavy atom. The SMILES string of the molecule is C[As](C)(=O)OC[C@@]1(O[C@H]2O[C@H](CO)[C@@H](O)[C@H](O)[C@H]2O)O[C@H](CO)[C@@H](O)[C@@H]1O. The van der Waals surface area contributed by atoms with E-state index in [1.807, 2.05) is 0 Å². The zero-order chi connectivity index (χ0) is 20.6. The van der Waals surface area contributed by atoms with E-state index in [4.69, 9.17) is 17.9 Å². The number of aliphatic hydroxyl groups excluding tert-OH is 7. The van der Waals surface area contributed by atoms with Crippen molar-refractivity contribution in [3.8, 4) is 0 Å². The van der Waals surface area contributed by atoms with Crippen molar-refractivity contribution in [2.24, 2.45) is 0 Å². The van der Waals surface area contributed by atoms with Gasteiger partial charge in [-0.3, -0.25) is 0 Å². The van der Waals surface area contributed by atoms with Crippen molar-refractivity contribution in [2.75, 3.05) is 19.8 Å². The Hall–Kier alpha value is -0.0816. The van der Waals surface area contributed by atoms with Crippen molar-refractivity contribution in [1.82, 2.24) is 0 Å². The second kappa shape index (κ2) is 8.74. The van der Waals surface area contributed by atoms with E-state index in [1.165, 1.54) is 11.4 Å². The third-order valence-corrected chi connectivity index (χ3v) is 6.00. The molecule has 0 aromatic heterocycles. The van der Waals surface area contributed by atoms with Crippen LogP contribution in [-0.4, -0.2) is 124 Å². The second-order valence-electron chi connectivity index (χ2n) is 6.93. The van der Waals surface area contributed by atoms with Gasteiger partial charge in [0.15, 0.2) is 0 Å². The minimum atomic E-state index is -3.73. The molecular weight excluding hydrogens is 435 g/mol. The predicted molar refractivity (Wildman–Crippen MR) is 85.7 cm³/mol. The molecule has 9 atom stereocenters. The van der Waals surface area contributed by atoms with Crippen LogP contribution in [0.2, 0.25) is 11.4 Å². The molecule has 2 aliphatic rings. The van der Waals surface area contributed by atoms with Crippen LogP contribution in [0.3, 0.4) is 0 Å². The molecule has 7 N–H and O–H groups in total. The standard InChI is InChI=1S/C14H27AsO12/c1-15(2,23)24-5-14(12(22)9(19)7(4-17)26-14)27-13-11(21)10(20)8(18)6(3-16)25-13/h6-13,16-22H,3-5H2,1-2H3/t6-,7-,8-,9-,10+,11-,12+,13-,14+/m1/s1. The Bertz CT molecular complexity index is 540. The molecule has 0 saturated carbocycles. The molecule has 0 amide bonds. The van der Waals surface area contributed by atoms with Crippen molar-refractivity contribution in [3.05, 3.63) is 0 Å². The minimum absolute atomic E-state index is 0.639. The first-order chi connectivity index (χ1) is 12.5. The van der Waals surface area contributed by atoms with Crippen LogP contribution < -0.4 is 0 Å². The van der Waals surface area contributed by atoms with Gasteiger partial charge in [-0.05, 0) is 0 Å². The zero-order valence-electron chi connectivity index (χ0n) is 14.9. The van der Waals surface area contributed by atoms with Gasteiger partial charge in [0, 0.05) is 0 Å². The van der Waals surface area contributed by atoms with Crippen LogP contribution in [-0.2, 0) is 21.7 Å². The van der Waals surface area contributed by atoms with Gasteiger partial charge >= 0.3 is 157 Å². The zero-order valence-corrected chi connectivity index (χ0v) is 16.7. The Kier molecular flexibility index (Phi) is 7.51. The number of hydrogen-bond donors (Lipinski definition) is 7. The molecule has 2 saturated heterocycles. The van der Waals surface area contributed by atoms with Gasteiger partial charge in [0.1, 0.15) is 0 Å². The molecule has 0 radical (unpaired) electrons. The molecule has 0 aliphatic carbocycles. The number of rotatable bonds is 7. The first-order valence-corrected chi connectivity index (χ1v) is 13.6. The van der Waals surface area contributed by atoms with Gasteiger partial charge in [0.05, 0.1) is 0 Å². The molecule has 2 aliphatic heterocycles. The molecule has 2 fully saturated rings. The van der Waals surface area contributed by atoms with E-state index < -0.39 is 88.5 Å². The van der Waals surface area contributed by atoms with Crippen molar-refractivity contribution in [2.45, 2.75) is 66.2 Å². The van der Waals surface area contributed by atoms with Gasteiger partial charge in [-0.15, -0.1) is 0 Å². The summed E-state index contributed by atoms with van der Waals surface area (Å²) >= 11 is -3.73. The number of aliphatic hydroxyl groups is 7. The van der Waals surface area contributed by atoms with Gasteiger partial charge in [-0.1, -0.05) is 0 Å². The summed E-state index contributed by atoms with van der Waals surface area (Å²) in [5.41, 5.74) is 2.70. The van der Waals surface area contributed by atoms with Crippen LogP contribution in [0.25, 0.3) is 0 Å². The van der Waals surface area contributed by atoms with Crippen LogP contribution in [0.1, 0.15) is 0 Å². The number of ether oxygens (including phenoxy) is 3. The Morgan fingerprint density at radius 2 is 1.52 bits per heavy atom. The third-order valence-electron chi connectivity index (χ3n) is 4.43. The summed E-state index contributed by atoms with van der Waals surface area (Å²) in [5.74, 6) is -2.19. The molecule has 0 aromatic rings. The Morgan fingerprint density at radius 1 is 0.926 bits per heavy atom. The topological polar surface area (TPSA) is 196 Å². The molecule has 0 unspecified atom stereocenters. The molecule has 0 spiro atoms. The summed E-state index contributed by atoms with van der Waals surface area (Å²) in [6, 6.07) is 0. The molecular formula is C14H27AsO12. The predicted octanol–water partition coefficient (Wildman–Crippen LogP) is -4.24. The average molecular weight is 462 g/mol. The van der Waals surface area contributed by atoms with Gasteiger partial charge in [0.25, 0.3) is 0 Å². The second-order valence-corrected chi connectivity index (χ2v) is 12.7. The van der Waals surface area contributed by atoms with E-state index in [9.17, 15) is 39.5 Å². The summed E-state index contributed by atoms with van der Waals surface area (Å²) in [6.45, 7) is -2.03. The first-order valence-electron chi connectivity index (χ1n) is 8.28. The van der Waals surface area contributed by atoms with E-state index in [0.717, 1.165) is 0 Å². The summed E-state index contributed by atoms with van der Waals surface area (Å²) < 4.78 is 33.3. The maximum absolute atomic E-state index is 11.9. The quantitative estimate of drug-likeness (QED) is 0.180. The van der Waals surface area contributed by atoms with Crippen LogP contribution in [0, 0.1) is 0 Å². The van der Waals surface area contributed by atoms with Crippen molar-refractivity contribution in [3.63, 3.8) is 0 Å². The monoisotopic (exact) mass is 462 g/mol. The van der Waals surface area contributed by atoms with Crippen LogP contribution >= 0.6 is 0 Å². The Balaban J connectivity index is 2.27. The van der Waals surface area contributed by atoms with Gasteiger partial charge < -0.3 is 0 Å². The van der Waals surface area contributed by atoms with Gasteiger partial charge in [0.2, 0.25) is 0 Å². The fourth-order valence-corrected chi connectivity index (χ4v) is 3.89. The molecule has 2 heterocycles. The van der Waals surface area contributed by atoms with E-state index in [0.29, 0.717) is 0 Å². The van der Waals surface area contributed by atoms with E-state index in [1.54, 1.807) is 0 Å². The molecule has 12 nitrogen and oxygen atoms in total. The number of hydrogen-bond acceptors (Lipinski definition) is 12. The summed E-state index contributed by atoms with van der Waals surface area (Å²) in [7, 11) is 0. The van der Waals surface area contributed by atoms with Crippen LogP contribution in [0.4, 0.5) is 0 Å². The summed E-state index contributed by atoms with van der Waals surface area (Å²) in [4.78, 5) is 0. The molecule has 160 valence electrons. The summed E-state index contributed by atoms with van der Waals surface area (Å²) in [6.07, 6.45) is -12.8. The van der Waals surface area contributed by atoms with Crippen LogP contribution in [0.15, 0.2) is 0 Å². The van der Waals surface area contributed by atoms with Crippen LogP contribution in [0.5, 0.6) is 0 Å². The van der Waals surface area contributed by atoms with Crippen molar-refractivity contribution < 1.29 is 57.4 Å². The fraction of sp³-hybridized carbons (Fsp3) is 1.00. The third kappa shape index (κ3) is 4.92. The molecule has 0 bridgehead atoms. The summed E-state index contributed by atoms with van der Waals surface area (Å²) in [5, 5.41) is 68.8. The average Bonchev–Trinajstić information content (AvgIpc) is 2.85. The molecule has 27 heavy (non-hydrogen) atoms. The normalized spacial score (nSPS) is 46.0. The fourth-order valence-electron chi connectivity index (χ4n) is 2.86. The van der Waals surface area contributed by atoms with Crippen molar-refractivity contribution >= 4 is 13.8 Å². The molecule has 0 aromatic carbocycles. The van der Waals surface area contributed by atoms with E-state index >= 15 is 0 Å². The molecule has 13 heteroatoms. The van der Waals surface area contributed by atoms with Crippen molar-refractivity contribution in [1.29, 1.82) is 0 Å². The Labute approximate surface area is 157 Å². The van der Waals surface area contributed by atoms with E-state index in [2.05, 4.69) is 0 Å². The van der Waals surface area contributed by atoms with E-state index in [-0.39, 0.29) is 0 Å². The maximum atomic E-state index is 11.9. The van der Waals surface area contributed by atoms with Gasteiger partial charge in [-0.2, -0.15) is 0 Å².